The molecular weight excluding hydrogens is 251 g/mol. The minimum Gasteiger partial charge on any atom is -0.493 e. The quantitative estimate of drug-likeness (QED) is 0.805. The van der Waals surface area contributed by atoms with Crippen LogP contribution in [0.15, 0.2) is 18.2 Å². The number of halogens is 2. The van der Waals surface area contributed by atoms with Gasteiger partial charge in [-0.1, -0.05) is 23.2 Å². The van der Waals surface area contributed by atoms with Crippen LogP contribution in [0.2, 0.25) is 10.0 Å². The summed E-state index contributed by atoms with van der Waals surface area (Å²) in [6, 6.07) is 5.26. The number of thiol groups is 1. The largest absolute Gasteiger partial charge is 0.493 e. The maximum absolute atomic E-state index is 5.87. The Bertz CT molecular complexity index is 343. The van der Waals surface area contributed by atoms with Crippen molar-refractivity contribution in [1.29, 1.82) is 0 Å². The van der Waals surface area contributed by atoms with Gasteiger partial charge in [-0.3, -0.25) is 0 Å². The highest BCUT2D eigenvalue weighted by Crippen LogP contribution is 2.46. The third-order valence-electron chi connectivity index (χ3n) is 2.67. The zero-order chi connectivity index (χ0) is 10.9. The fourth-order valence-electron chi connectivity index (χ4n) is 1.37. The molecular formula is C11H12Cl2OS. The van der Waals surface area contributed by atoms with Crippen molar-refractivity contribution < 1.29 is 4.74 Å². The zero-order valence-corrected chi connectivity index (χ0v) is 10.6. The molecule has 0 radical (unpaired) electrons. The van der Waals surface area contributed by atoms with Crippen LogP contribution in [0.25, 0.3) is 0 Å². The third kappa shape index (κ3) is 2.96. The van der Waals surface area contributed by atoms with E-state index in [0.717, 1.165) is 11.5 Å². The highest BCUT2D eigenvalue weighted by Gasteiger charge is 2.42. The molecule has 1 nitrogen and oxygen atoms in total. The first-order chi connectivity index (χ1) is 7.13. The van der Waals surface area contributed by atoms with Gasteiger partial charge in [0.25, 0.3) is 0 Å². The molecule has 1 aromatic carbocycles. The summed E-state index contributed by atoms with van der Waals surface area (Å²) in [6.45, 7) is 0.702. The Hall–Kier alpha value is -0.0500. The lowest BCUT2D eigenvalue weighted by Gasteiger charge is -2.13. The molecule has 1 fully saturated rings. The van der Waals surface area contributed by atoms with Gasteiger partial charge < -0.3 is 4.74 Å². The monoisotopic (exact) mass is 262 g/mol. The standard InChI is InChI=1S/C11H12Cl2OS/c12-8-3-9(13)5-10(4-8)14-6-11(7-15)1-2-11/h3-5,15H,1-2,6-7H2. The topological polar surface area (TPSA) is 9.23 Å². The molecule has 0 bridgehead atoms. The Balaban J connectivity index is 1.99. The van der Waals surface area contributed by atoms with Crippen molar-refractivity contribution in [2.75, 3.05) is 12.4 Å². The predicted molar refractivity (Wildman–Crippen MR) is 67.5 cm³/mol. The summed E-state index contributed by atoms with van der Waals surface area (Å²) in [7, 11) is 0. The van der Waals surface area contributed by atoms with Gasteiger partial charge in [0.2, 0.25) is 0 Å². The van der Waals surface area contributed by atoms with Crippen molar-refractivity contribution in [2.45, 2.75) is 12.8 Å². The van der Waals surface area contributed by atoms with E-state index < -0.39 is 0 Å². The van der Waals surface area contributed by atoms with E-state index in [9.17, 15) is 0 Å². The van der Waals surface area contributed by atoms with E-state index in [1.807, 2.05) is 0 Å². The van der Waals surface area contributed by atoms with Crippen LogP contribution in [0.1, 0.15) is 12.8 Å². The fourth-order valence-corrected chi connectivity index (χ4v) is 2.29. The van der Waals surface area contributed by atoms with E-state index in [-0.39, 0.29) is 5.41 Å². The van der Waals surface area contributed by atoms with Crippen molar-refractivity contribution in [3.63, 3.8) is 0 Å². The summed E-state index contributed by atoms with van der Waals surface area (Å²) >= 11 is 16.1. The van der Waals surface area contributed by atoms with Gasteiger partial charge in [-0.15, -0.1) is 0 Å². The smallest absolute Gasteiger partial charge is 0.122 e. The molecule has 1 aliphatic rings. The first-order valence-electron chi connectivity index (χ1n) is 4.83. The van der Waals surface area contributed by atoms with Crippen molar-refractivity contribution in [2.24, 2.45) is 5.41 Å². The summed E-state index contributed by atoms with van der Waals surface area (Å²) in [5.41, 5.74) is 0.290. The van der Waals surface area contributed by atoms with Crippen LogP contribution in [-0.4, -0.2) is 12.4 Å². The second-order valence-corrected chi connectivity index (χ2v) is 5.24. The van der Waals surface area contributed by atoms with Crippen LogP contribution >= 0.6 is 35.8 Å². The second-order valence-electron chi connectivity index (χ2n) is 4.05. The Labute approximate surface area is 105 Å². The normalized spacial score (nSPS) is 17.5. The highest BCUT2D eigenvalue weighted by molar-refractivity contribution is 7.80. The van der Waals surface area contributed by atoms with Crippen molar-refractivity contribution >= 4 is 35.8 Å². The van der Waals surface area contributed by atoms with E-state index in [2.05, 4.69) is 12.6 Å². The van der Waals surface area contributed by atoms with Gasteiger partial charge in [-0.2, -0.15) is 12.6 Å². The van der Waals surface area contributed by atoms with E-state index >= 15 is 0 Å². The molecule has 82 valence electrons. The molecule has 0 atom stereocenters. The number of rotatable bonds is 4. The van der Waals surface area contributed by atoms with Gasteiger partial charge in [0.1, 0.15) is 5.75 Å². The molecule has 2 rings (SSSR count). The van der Waals surface area contributed by atoms with E-state index in [0.29, 0.717) is 16.7 Å². The third-order valence-corrected chi connectivity index (χ3v) is 3.78. The average molecular weight is 263 g/mol. The minimum absolute atomic E-state index is 0.290. The molecule has 0 unspecified atom stereocenters. The maximum atomic E-state index is 5.87. The first-order valence-corrected chi connectivity index (χ1v) is 6.22. The summed E-state index contributed by atoms with van der Waals surface area (Å²) < 4.78 is 5.67. The van der Waals surface area contributed by atoms with Crippen LogP contribution in [0.3, 0.4) is 0 Å². The van der Waals surface area contributed by atoms with Crippen LogP contribution in [0, 0.1) is 5.41 Å². The number of benzene rings is 1. The van der Waals surface area contributed by atoms with Gasteiger partial charge in [-0.25, -0.2) is 0 Å². The number of hydrogen-bond acceptors (Lipinski definition) is 2. The molecule has 0 amide bonds. The molecule has 0 N–H and O–H groups in total. The van der Waals surface area contributed by atoms with Crippen molar-refractivity contribution in [1.82, 2.24) is 0 Å². The maximum Gasteiger partial charge on any atom is 0.122 e. The van der Waals surface area contributed by atoms with E-state index in [1.54, 1.807) is 18.2 Å². The Morgan fingerprint density at radius 2 is 1.80 bits per heavy atom. The van der Waals surface area contributed by atoms with Crippen LogP contribution in [0.4, 0.5) is 0 Å². The zero-order valence-electron chi connectivity index (χ0n) is 8.17. The Morgan fingerprint density at radius 3 is 2.27 bits per heavy atom. The molecule has 1 saturated carbocycles. The van der Waals surface area contributed by atoms with Gasteiger partial charge in [0.15, 0.2) is 0 Å². The van der Waals surface area contributed by atoms with E-state index in [4.69, 9.17) is 27.9 Å². The lowest BCUT2D eigenvalue weighted by atomic mass is 10.2. The lowest BCUT2D eigenvalue weighted by Crippen LogP contribution is -2.14. The lowest BCUT2D eigenvalue weighted by molar-refractivity contribution is 0.251. The predicted octanol–water partition coefficient (Wildman–Crippen LogP) is 4.08. The molecule has 1 aromatic rings. The molecule has 0 saturated heterocycles. The summed E-state index contributed by atoms with van der Waals surface area (Å²) in [5.74, 6) is 1.61. The van der Waals surface area contributed by atoms with Crippen LogP contribution in [0.5, 0.6) is 5.75 Å². The van der Waals surface area contributed by atoms with Gasteiger partial charge >= 0.3 is 0 Å². The molecule has 4 heteroatoms. The van der Waals surface area contributed by atoms with Crippen LogP contribution < -0.4 is 4.74 Å². The summed E-state index contributed by atoms with van der Waals surface area (Å²) in [4.78, 5) is 0. The first kappa shape index (κ1) is 11.4. The summed E-state index contributed by atoms with van der Waals surface area (Å²) in [6.07, 6.45) is 2.40. The molecule has 0 aromatic heterocycles. The minimum atomic E-state index is 0.290. The second kappa shape index (κ2) is 4.44. The molecule has 0 spiro atoms. The molecule has 1 aliphatic carbocycles. The van der Waals surface area contributed by atoms with Crippen LogP contribution in [-0.2, 0) is 0 Å². The van der Waals surface area contributed by atoms with E-state index in [1.165, 1.54) is 12.8 Å². The average Bonchev–Trinajstić information content (AvgIpc) is 2.94. The van der Waals surface area contributed by atoms with Gasteiger partial charge in [0.05, 0.1) is 6.61 Å². The fraction of sp³-hybridized carbons (Fsp3) is 0.455. The van der Waals surface area contributed by atoms with Gasteiger partial charge in [0, 0.05) is 15.5 Å². The van der Waals surface area contributed by atoms with Crippen molar-refractivity contribution in [3.05, 3.63) is 28.2 Å². The van der Waals surface area contributed by atoms with Gasteiger partial charge in [-0.05, 0) is 36.8 Å². The molecule has 0 heterocycles. The molecule has 0 aliphatic heterocycles. The highest BCUT2D eigenvalue weighted by atomic mass is 35.5. The Kier molecular flexibility index (Phi) is 3.39. The molecule has 15 heavy (non-hydrogen) atoms. The Morgan fingerprint density at radius 1 is 1.20 bits per heavy atom. The number of hydrogen-bond donors (Lipinski definition) is 1. The van der Waals surface area contributed by atoms with Crippen molar-refractivity contribution in [3.8, 4) is 5.75 Å². The summed E-state index contributed by atoms with van der Waals surface area (Å²) in [5, 5.41) is 1.21. The SMILES string of the molecule is SCC1(COc2cc(Cl)cc(Cl)c2)CC1. The number of ether oxygens (including phenoxy) is 1.